The molecule has 0 aromatic carbocycles. The highest BCUT2D eigenvalue weighted by atomic mass is 79.9. The second kappa shape index (κ2) is 4.93. The number of hydrogen-bond donors (Lipinski definition) is 0. The number of hydrogen-bond acceptors (Lipinski definition) is 2. The zero-order valence-corrected chi connectivity index (χ0v) is 8.77. The zero-order chi connectivity index (χ0) is 9.72. The molecule has 0 bridgehead atoms. The predicted octanol–water partition coefficient (Wildman–Crippen LogP) is 2.57. The van der Waals surface area contributed by atoms with Gasteiger partial charge in [-0.1, -0.05) is 29.1 Å². The number of Topliss-reactive ketones (excluding diaryl/α,β-unsaturated/α-hetero) is 1. The van der Waals surface area contributed by atoms with Crippen LogP contribution in [0, 0.1) is 0 Å². The van der Waals surface area contributed by atoms with E-state index in [0.717, 1.165) is 0 Å². The van der Waals surface area contributed by atoms with Crippen molar-refractivity contribution in [2.75, 3.05) is 7.11 Å². The Kier molecular flexibility index (Phi) is 4.59. The van der Waals surface area contributed by atoms with Crippen LogP contribution in [-0.2, 0) is 9.53 Å². The van der Waals surface area contributed by atoms with E-state index in [1.807, 2.05) is 0 Å². The van der Waals surface area contributed by atoms with Crippen LogP contribution in [-0.4, -0.2) is 12.9 Å². The molecule has 2 nitrogen and oxygen atoms in total. The molecule has 0 saturated heterocycles. The lowest BCUT2D eigenvalue weighted by atomic mass is 10.1. The Morgan fingerprint density at radius 1 is 1.50 bits per heavy atom. The fourth-order valence-corrected chi connectivity index (χ4v) is 0.874. The van der Waals surface area contributed by atoms with Gasteiger partial charge in [-0.2, -0.15) is 0 Å². The van der Waals surface area contributed by atoms with Gasteiger partial charge in [-0.3, -0.25) is 4.79 Å². The molecule has 0 amide bonds. The Morgan fingerprint density at radius 2 is 2.00 bits per heavy atom. The summed E-state index contributed by atoms with van der Waals surface area (Å²) >= 11 is 3.12. The van der Waals surface area contributed by atoms with Crippen molar-refractivity contribution in [3.05, 3.63) is 35.0 Å². The predicted molar refractivity (Wildman–Crippen MR) is 53.0 cm³/mol. The molecule has 0 atom stereocenters. The summed E-state index contributed by atoms with van der Waals surface area (Å²) in [5.74, 6) is 0.255. The van der Waals surface area contributed by atoms with Crippen LogP contribution in [0.2, 0.25) is 0 Å². The minimum absolute atomic E-state index is 0.0950. The molecule has 66 valence electrons. The van der Waals surface area contributed by atoms with Gasteiger partial charge in [0.2, 0.25) is 0 Å². The average molecular weight is 231 g/mol. The molecule has 0 rings (SSSR count). The maximum Gasteiger partial charge on any atom is 0.163 e. The van der Waals surface area contributed by atoms with Gasteiger partial charge in [0, 0.05) is 4.48 Å². The first-order chi connectivity index (χ1) is 5.49. The van der Waals surface area contributed by atoms with Crippen molar-refractivity contribution in [3.63, 3.8) is 0 Å². The normalized spacial score (nSPS) is 10.8. The molecule has 3 heteroatoms. The fourth-order valence-electron chi connectivity index (χ4n) is 0.645. The van der Waals surface area contributed by atoms with Crippen LogP contribution in [0.5, 0.6) is 0 Å². The Morgan fingerprint density at radius 3 is 2.25 bits per heavy atom. The molecule has 0 radical (unpaired) electrons. The fraction of sp³-hybridized carbons (Fsp3) is 0.222. The van der Waals surface area contributed by atoms with Crippen LogP contribution < -0.4 is 0 Å². The second-order valence-electron chi connectivity index (χ2n) is 2.19. The highest BCUT2D eigenvalue weighted by molar-refractivity contribution is 9.11. The van der Waals surface area contributed by atoms with E-state index >= 15 is 0 Å². The maximum atomic E-state index is 11.0. The van der Waals surface area contributed by atoms with E-state index in [1.165, 1.54) is 14.0 Å². The summed E-state index contributed by atoms with van der Waals surface area (Å²) in [7, 11) is 1.47. The van der Waals surface area contributed by atoms with Gasteiger partial charge in [-0.15, -0.1) is 0 Å². The number of carbonyl (C=O) groups is 1. The minimum Gasteiger partial charge on any atom is -0.497 e. The molecule has 0 aliphatic carbocycles. The van der Waals surface area contributed by atoms with Gasteiger partial charge in [0.1, 0.15) is 5.76 Å². The van der Waals surface area contributed by atoms with Crippen LogP contribution in [0.1, 0.15) is 6.92 Å². The highest BCUT2D eigenvalue weighted by Gasteiger charge is 2.07. The van der Waals surface area contributed by atoms with E-state index in [4.69, 9.17) is 4.74 Å². The molecular formula is C9H11BrO2. The van der Waals surface area contributed by atoms with E-state index in [1.54, 1.807) is 6.08 Å². The SMILES string of the molecule is C=C(Br)/C=C(\C(=C)OC)C(C)=O. The van der Waals surface area contributed by atoms with Crippen molar-refractivity contribution in [2.45, 2.75) is 6.92 Å². The Hall–Kier alpha value is -0.830. The molecule has 0 heterocycles. The van der Waals surface area contributed by atoms with Crippen molar-refractivity contribution < 1.29 is 9.53 Å². The molecular weight excluding hydrogens is 220 g/mol. The van der Waals surface area contributed by atoms with E-state index in [-0.39, 0.29) is 5.78 Å². The van der Waals surface area contributed by atoms with Crippen LogP contribution in [0.4, 0.5) is 0 Å². The molecule has 0 aromatic heterocycles. The number of rotatable bonds is 4. The molecule has 0 saturated carbocycles. The largest absolute Gasteiger partial charge is 0.497 e. The van der Waals surface area contributed by atoms with E-state index in [9.17, 15) is 4.79 Å². The lowest BCUT2D eigenvalue weighted by Gasteiger charge is -2.05. The summed E-state index contributed by atoms with van der Waals surface area (Å²) in [6, 6.07) is 0. The third-order valence-corrected chi connectivity index (χ3v) is 1.46. The number of allylic oxidation sites excluding steroid dienone is 3. The maximum absolute atomic E-state index is 11.0. The van der Waals surface area contributed by atoms with Gasteiger partial charge in [0.15, 0.2) is 5.78 Å². The number of methoxy groups -OCH3 is 1. The van der Waals surface area contributed by atoms with Gasteiger partial charge in [-0.05, 0) is 13.0 Å². The summed E-state index contributed by atoms with van der Waals surface area (Å²) < 4.78 is 5.45. The first-order valence-electron chi connectivity index (χ1n) is 3.29. The molecule has 0 N–H and O–H groups in total. The molecule has 0 unspecified atom stereocenters. The van der Waals surface area contributed by atoms with Gasteiger partial charge in [0.25, 0.3) is 0 Å². The van der Waals surface area contributed by atoms with Crippen LogP contribution in [0.25, 0.3) is 0 Å². The summed E-state index contributed by atoms with van der Waals surface area (Å²) in [6.07, 6.45) is 1.58. The molecule has 0 aromatic rings. The molecule has 0 aliphatic rings. The van der Waals surface area contributed by atoms with Gasteiger partial charge in [-0.25, -0.2) is 0 Å². The van der Waals surface area contributed by atoms with E-state index in [0.29, 0.717) is 15.8 Å². The standard InChI is InChI=1S/C9H11BrO2/c1-6(10)5-9(7(2)11)8(3)12-4/h5H,1,3H2,2,4H3/b9-5-. The number of ketones is 1. The average Bonchev–Trinajstić information content (AvgIpc) is 1.98. The second-order valence-corrected chi connectivity index (χ2v) is 3.21. The lowest BCUT2D eigenvalue weighted by molar-refractivity contribution is -0.113. The molecule has 0 spiro atoms. The first kappa shape index (κ1) is 11.2. The van der Waals surface area contributed by atoms with Crippen LogP contribution in [0.15, 0.2) is 35.0 Å². The van der Waals surface area contributed by atoms with E-state index in [2.05, 4.69) is 29.1 Å². The zero-order valence-electron chi connectivity index (χ0n) is 7.19. The Balaban J connectivity index is 4.79. The van der Waals surface area contributed by atoms with Crippen LogP contribution in [0.3, 0.4) is 0 Å². The highest BCUT2D eigenvalue weighted by Crippen LogP contribution is 2.14. The summed E-state index contributed by atoms with van der Waals surface area (Å²) in [4.78, 5) is 11.0. The monoisotopic (exact) mass is 230 g/mol. The van der Waals surface area contributed by atoms with E-state index < -0.39 is 0 Å². The lowest BCUT2D eigenvalue weighted by Crippen LogP contribution is -2.01. The summed E-state index contributed by atoms with van der Waals surface area (Å²) in [5.41, 5.74) is 0.430. The minimum atomic E-state index is -0.0950. The topological polar surface area (TPSA) is 26.3 Å². The first-order valence-corrected chi connectivity index (χ1v) is 4.08. The molecule has 0 fully saturated rings. The third-order valence-electron chi connectivity index (χ3n) is 1.23. The quantitative estimate of drug-likeness (QED) is 0.422. The van der Waals surface area contributed by atoms with Crippen molar-refractivity contribution in [2.24, 2.45) is 0 Å². The smallest absolute Gasteiger partial charge is 0.163 e. The molecule has 12 heavy (non-hydrogen) atoms. The summed E-state index contributed by atoms with van der Waals surface area (Å²) in [5, 5.41) is 0. The van der Waals surface area contributed by atoms with Crippen molar-refractivity contribution in [1.82, 2.24) is 0 Å². The van der Waals surface area contributed by atoms with Gasteiger partial charge < -0.3 is 4.74 Å². The Bertz CT molecular complexity index is 251. The van der Waals surface area contributed by atoms with Gasteiger partial charge >= 0.3 is 0 Å². The number of ether oxygens (including phenoxy) is 1. The van der Waals surface area contributed by atoms with Crippen LogP contribution >= 0.6 is 15.9 Å². The Labute approximate surface area is 80.7 Å². The summed E-state index contributed by atoms with van der Waals surface area (Å²) in [6.45, 7) is 8.61. The van der Waals surface area contributed by atoms with Crippen molar-refractivity contribution in [3.8, 4) is 0 Å². The van der Waals surface area contributed by atoms with Crippen molar-refractivity contribution >= 4 is 21.7 Å². The number of halogens is 1. The van der Waals surface area contributed by atoms with Crippen molar-refractivity contribution in [1.29, 1.82) is 0 Å². The number of carbonyl (C=O) groups excluding carboxylic acids is 1. The van der Waals surface area contributed by atoms with Gasteiger partial charge in [0.05, 0.1) is 12.7 Å². The molecule has 0 aliphatic heterocycles. The third kappa shape index (κ3) is 3.53.